The molecular weight excluding hydrogens is 671 g/mol. The van der Waals surface area contributed by atoms with E-state index >= 15 is 0 Å². The number of hydrogen-bond donors (Lipinski definition) is 0. The maximum atomic E-state index is 7.71. The molecule has 0 aromatic heterocycles. The Hall–Kier alpha value is 0.780. The maximum absolute atomic E-state index is 7.71. The Morgan fingerprint density at radius 3 is 0.851 bits per heavy atom. The van der Waals surface area contributed by atoms with Gasteiger partial charge in [0.15, 0.2) is 0 Å². The van der Waals surface area contributed by atoms with Crippen LogP contribution in [0.4, 0.5) is 0 Å². The Labute approximate surface area is 291 Å². The largest absolute Gasteiger partial charge is 0.348 e. The second-order valence-electron chi connectivity index (χ2n) is 16.7. The van der Waals surface area contributed by atoms with Gasteiger partial charge in [0.2, 0.25) is 0 Å². The molecule has 0 amide bonds. The summed E-state index contributed by atoms with van der Waals surface area (Å²) < 4.78 is 52.0. The molecule has 1 atom stereocenters. The summed E-state index contributed by atoms with van der Waals surface area (Å²) in [6.45, 7) is 8.42. The van der Waals surface area contributed by atoms with Gasteiger partial charge in [0, 0.05) is 0 Å². The summed E-state index contributed by atoms with van der Waals surface area (Å²) in [6, 6.07) is 0. The Kier molecular flexibility index (Phi) is 13.3. The van der Waals surface area contributed by atoms with Crippen LogP contribution in [0.5, 0.6) is 0 Å². The first-order valence-corrected chi connectivity index (χ1v) is 25.1. The monoisotopic (exact) mass is 735 g/mol. The molecule has 5 aliphatic carbocycles. The molecule has 272 valence electrons. The molecule has 6 aliphatic rings. The van der Waals surface area contributed by atoms with Crippen molar-refractivity contribution in [1.29, 1.82) is 0 Å². The number of hydrogen-bond acceptors (Lipinski definition) is 8. The van der Waals surface area contributed by atoms with E-state index in [4.69, 9.17) is 47.4 Å². The number of halogens is 1. The SMILES string of the molecule is CC1CCC(OP2(Cl)=NP(OC3CCC(C)CC3)(OC3CCC(C)CC3)=NP(OC3CCC(C)CC3)(OC3CCC(C)CC3)=N2)CC1. The van der Waals surface area contributed by atoms with Gasteiger partial charge in [-0.05, 0) is 169 Å². The molecule has 0 saturated heterocycles. The van der Waals surface area contributed by atoms with Crippen molar-refractivity contribution in [2.45, 2.75) is 194 Å². The highest BCUT2D eigenvalue weighted by Gasteiger charge is 2.47. The minimum absolute atomic E-state index is 0.0172. The number of nitrogens with zero attached hydrogens (tertiary/aromatic N) is 3. The van der Waals surface area contributed by atoms with Gasteiger partial charge in [-0.1, -0.05) is 34.6 Å². The third kappa shape index (κ3) is 10.7. The molecule has 6 rings (SSSR count). The van der Waals surface area contributed by atoms with Crippen LogP contribution in [0.25, 0.3) is 0 Å². The lowest BCUT2D eigenvalue weighted by atomic mass is 9.89. The lowest BCUT2D eigenvalue weighted by Gasteiger charge is -2.40. The molecule has 1 aliphatic heterocycles. The molecule has 0 radical (unpaired) electrons. The summed E-state index contributed by atoms with van der Waals surface area (Å²) in [4.78, 5) is 0. The maximum Gasteiger partial charge on any atom is 0.348 e. The van der Waals surface area contributed by atoms with Gasteiger partial charge >= 0.3 is 22.1 Å². The average molecular weight is 736 g/mol. The highest BCUT2D eigenvalue weighted by atomic mass is 35.7. The van der Waals surface area contributed by atoms with Gasteiger partial charge in [0.05, 0.1) is 30.5 Å². The quantitative estimate of drug-likeness (QED) is 0.209. The molecule has 1 unspecified atom stereocenters. The fraction of sp³-hybridized carbons (Fsp3) is 1.00. The van der Waals surface area contributed by atoms with Crippen LogP contribution in [0.3, 0.4) is 0 Å². The highest BCUT2D eigenvalue weighted by Crippen LogP contribution is 2.83. The smallest absolute Gasteiger partial charge is 0.312 e. The van der Waals surface area contributed by atoms with Crippen molar-refractivity contribution in [3.63, 3.8) is 0 Å². The van der Waals surface area contributed by atoms with Crippen molar-refractivity contribution in [1.82, 2.24) is 0 Å². The van der Waals surface area contributed by atoms with E-state index in [0.29, 0.717) is 29.6 Å². The molecule has 1 heterocycles. The Bertz CT molecular complexity index is 1070. The summed E-state index contributed by atoms with van der Waals surface area (Å²) in [7, 11) is -6.60. The van der Waals surface area contributed by atoms with Crippen LogP contribution >= 0.6 is 33.3 Å². The van der Waals surface area contributed by atoms with Crippen LogP contribution in [0, 0.1) is 29.6 Å². The van der Waals surface area contributed by atoms with E-state index in [1.165, 1.54) is 0 Å². The topological polar surface area (TPSA) is 83.2 Å². The summed E-state index contributed by atoms with van der Waals surface area (Å²) >= 11 is 7.71. The zero-order valence-electron chi connectivity index (χ0n) is 30.0. The third-order valence-corrected chi connectivity index (χ3v) is 21.6. The lowest BCUT2D eigenvalue weighted by molar-refractivity contribution is 0.0752. The van der Waals surface area contributed by atoms with Crippen LogP contribution in [-0.4, -0.2) is 30.5 Å². The second-order valence-corrected chi connectivity index (χ2v) is 24.1. The van der Waals surface area contributed by atoms with Gasteiger partial charge < -0.3 is 22.6 Å². The van der Waals surface area contributed by atoms with Crippen LogP contribution in [0.2, 0.25) is 0 Å². The predicted octanol–water partition coefficient (Wildman–Crippen LogP) is 14.1. The lowest BCUT2D eigenvalue weighted by Crippen LogP contribution is -2.25. The van der Waals surface area contributed by atoms with Crippen molar-refractivity contribution in [2.24, 2.45) is 43.1 Å². The zero-order chi connectivity index (χ0) is 33.1. The fourth-order valence-corrected chi connectivity index (χ4v) is 19.8. The van der Waals surface area contributed by atoms with Crippen molar-refractivity contribution in [2.75, 3.05) is 0 Å². The van der Waals surface area contributed by atoms with Crippen LogP contribution in [0.15, 0.2) is 13.5 Å². The molecule has 0 spiro atoms. The fourth-order valence-electron chi connectivity index (χ4n) is 8.38. The molecule has 8 nitrogen and oxygen atoms in total. The molecule has 0 bridgehead atoms. The van der Waals surface area contributed by atoms with Gasteiger partial charge in [-0.15, -0.1) is 4.52 Å². The van der Waals surface area contributed by atoms with E-state index < -0.39 is 22.1 Å². The molecule has 0 N–H and O–H groups in total. The Morgan fingerprint density at radius 2 is 0.574 bits per heavy atom. The van der Waals surface area contributed by atoms with Crippen molar-refractivity contribution >= 4 is 33.3 Å². The van der Waals surface area contributed by atoms with Gasteiger partial charge in [-0.2, -0.15) is 9.03 Å². The summed E-state index contributed by atoms with van der Waals surface area (Å²) in [6.07, 6.45) is 21.4. The van der Waals surface area contributed by atoms with Gasteiger partial charge in [-0.3, -0.25) is 0 Å². The normalized spacial score (nSPS) is 48.1. The Morgan fingerprint density at radius 1 is 0.340 bits per heavy atom. The van der Waals surface area contributed by atoms with E-state index in [1.54, 1.807) is 0 Å². The zero-order valence-corrected chi connectivity index (χ0v) is 33.5. The van der Waals surface area contributed by atoms with Gasteiger partial charge in [0.1, 0.15) is 0 Å². The Balaban J connectivity index is 1.43. The van der Waals surface area contributed by atoms with E-state index in [9.17, 15) is 0 Å². The average Bonchev–Trinajstić information content (AvgIpc) is 3.02. The van der Waals surface area contributed by atoms with Crippen LogP contribution < -0.4 is 0 Å². The molecule has 5 fully saturated rings. The predicted molar refractivity (Wildman–Crippen MR) is 196 cm³/mol. The first-order valence-electron chi connectivity index (χ1n) is 19.5. The number of rotatable bonds is 10. The van der Waals surface area contributed by atoms with Crippen LogP contribution in [-0.2, 0) is 22.6 Å². The summed E-state index contributed by atoms with van der Waals surface area (Å²) in [5.74, 6) is 3.53. The molecular formula is C35H65ClN3O5P3. The van der Waals surface area contributed by atoms with E-state index in [1.807, 2.05) is 0 Å². The minimum Gasteiger partial charge on any atom is -0.312 e. The van der Waals surface area contributed by atoms with Gasteiger partial charge in [-0.25, -0.2) is 0 Å². The van der Waals surface area contributed by atoms with E-state index in [-0.39, 0.29) is 30.5 Å². The van der Waals surface area contributed by atoms with Crippen LogP contribution in [0.1, 0.15) is 163 Å². The van der Waals surface area contributed by atoms with Gasteiger partial charge in [0.25, 0.3) is 0 Å². The minimum atomic E-state index is -3.30. The van der Waals surface area contributed by atoms with Crippen molar-refractivity contribution in [3.05, 3.63) is 0 Å². The van der Waals surface area contributed by atoms with E-state index in [0.717, 1.165) is 128 Å². The highest BCUT2D eigenvalue weighted by molar-refractivity contribution is 7.94. The van der Waals surface area contributed by atoms with Crippen molar-refractivity contribution in [3.8, 4) is 0 Å². The molecule has 0 aromatic carbocycles. The first-order chi connectivity index (χ1) is 22.5. The second kappa shape index (κ2) is 16.6. The molecule has 12 heteroatoms. The summed E-state index contributed by atoms with van der Waals surface area (Å²) in [5.41, 5.74) is 0. The molecule has 47 heavy (non-hydrogen) atoms. The van der Waals surface area contributed by atoms with E-state index in [2.05, 4.69) is 34.6 Å². The molecule has 5 saturated carbocycles. The standard InChI is InChI=1S/C35H65ClN3O5P3/c1-26-6-16-31(17-7-26)40-45(36)37-46(41-32-18-8-27(2)9-19-32,42-33-20-10-28(3)11-21-33)39-47(38-45,43-34-22-12-29(4)13-23-34)44-35-24-14-30(5)15-25-35/h26-35H,6-25H2,1-5H3. The molecule has 0 aromatic rings. The van der Waals surface area contributed by atoms with Crippen molar-refractivity contribution < 1.29 is 22.6 Å². The third-order valence-electron chi connectivity index (χ3n) is 11.9. The summed E-state index contributed by atoms with van der Waals surface area (Å²) in [5, 5.41) is 0. The first kappa shape index (κ1) is 37.5.